The molecule has 3 aromatic rings. The Balaban J connectivity index is 2.54. The number of pyridine rings is 1. The molecule has 0 aliphatic heterocycles. The number of hydrogen-bond acceptors (Lipinski definition) is 2. The lowest BCUT2D eigenvalue weighted by Gasteiger charge is -1.99. The summed E-state index contributed by atoms with van der Waals surface area (Å²) in [6.45, 7) is 4.13. The first-order valence-corrected chi connectivity index (χ1v) is 5.57. The molecule has 0 saturated heterocycles. The number of hydrogen-bond donors (Lipinski definition) is 0. The Morgan fingerprint density at radius 3 is 2.81 bits per heavy atom. The maximum absolute atomic E-state index is 5.87. The van der Waals surface area contributed by atoms with Gasteiger partial charge in [0, 0.05) is 16.5 Å². The summed E-state index contributed by atoms with van der Waals surface area (Å²) in [6, 6.07) is 10.2. The SMILES string of the molecule is CCc1nc(C)cc2c1oc1ccccc12. The standard InChI is InChI=1S/C14H13NO/c1-3-12-14-11(8-9(2)15-12)10-6-4-5-7-13(10)16-14/h4-8H,3H2,1-2H3. The molecule has 0 bridgehead atoms. The second kappa shape index (κ2) is 3.34. The highest BCUT2D eigenvalue weighted by molar-refractivity contribution is 6.05. The van der Waals surface area contributed by atoms with Crippen LogP contribution in [-0.4, -0.2) is 4.98 Å². The summed E-state index contributed by atoms with van der Waals surface area (Å²) in [5.41, 5.74) is 3.98. The topological polar surface area (TPSA) is 26.0 Å². The zero-order valence-corrected chi connectivity index (χ0v) is 9.45. The molecule has 0 fully saturated rings. The minimum absolute atomic E-state index is 0.901. The van der Waals surface area contributed by atoms with E-state index in [0.29, 0.717) is 0 Å². The number of aromatic nitrogens is 1. The van der Waals surface area contributed by atoms with Gasteiger partial charge in [0.25, 0.3) is 0 Å². The van der Waals surface area contributed by atoms with Crippen LogP contribution in [-0.2, 0) is 6.42 Å². The van der Waals surface area contributed by atoms with E-state index < -0.39 is 0 Å². The third kappa shape index (κ3) is 1.23. The van der Waals surface area contributed by atoms with Gasteiger partial charge in [-0.1, -0.05) is 25.1 Å². The van der Waals surface area contributed by atoms with Crippen LogP contribution in [0.25, 0.3) is 21.9 Å². The van der Waals surface area contributed by atoms with Gasteiger partial charge in [0.1, 0.15) is 5.58 Å². The first-order chi connectivity index (χ1) is 7.79. The van der Waals surface area contributed by atoms with Crippen molar-refractivity contribution >= 4 is 21.9 Å². The van der Waals surface area contributed by atoms with Gasteiger partial charge in [-0.05, 0) is 25.5 Å². The number of furan rings is 1. The fraction of sp³-hybridized carbons (Fsp3) is 0.214. The van der Waals surface area contributed by atoms with Gasteiger partial charge in [-0.3, -0.25) is 4.98 Å². The smallest absolute Gasteiger partial charge is 0.156 e. The maximum Gasteiger partial charge on any atom is 0.156 e. The molecule has 0 atom stereocenters. The Labute approximate surface area is 93.9 Å². The molecular formula is C14H13NO. The molecule has 16 heavy (non-hydrogen) atoms. The van der Waals surface area contributed by atoms with E-state index in [1.807, 2.05) is 25.1 Å². The van der Waals surface area contributed by atoms with Crippen LogP contribution in [0.3, 0.4) is 0 Å². The second-order valence-corrected chi connectivity index (χ2v) is 4.04. The molecule has 0 amide bonds. The first kappa shape index (κ1) is 9.40. The second-order valence-electron chi connectivity index (χ2n) is 4.04. The van der Waals surface area contributed by atoms with Crippen molar-refractivity contribution in [3.8, 4) is 0 Å². The van der Waals surface area contributed by atoms with Crippen LogP contribution in [0.2, 0.25) is 0 Å². The van der Waals surface area contributed by atoms with Crippen LogP contribution < -0.4 is 0 Å². The third-order valence-corrected chi connectivity index (χ3v) is 2.90. The van der Waals surface area contributed by atoms with E-state index in [0.717, 1.165) is 29.0 Å². The van der Waals surface area contributed by atoms with Gasteiger partial charge in [-0.15, -0.1) is 0 Å². The number of fused-ring (bicyclic) bond motifs is 3. The van der Waals surface area contributed by atoms with E-state index in [1.54, 1.807) is 0 Å². The molecule has 2 heterocycles. The van der Waals surface area contributed by atoms with Crippen molar-refractivity contribution < 1.29 is 4.42 Å². The van der Waals surface area contributed by atoms with Gasteiger partial charge in [0.2, 0.25) is 0 Å². The summed E-state index contributed by atoms with van der Waals surface area (Å²) < 4.78 is 5.87. The van der Waals surface area contributed by atoms with Gasteiger partial charge < -0.3 is 4.42 Å². The fourth-order valence-corrected chi connectivity index (χ4v) is 2.17. The van der Waals surface area contributed by atoms with E-state index in [1.165, 1.54) is 10.8 Å². The molecule has 2 heteroatoms. The summed E-state index contributed by atoms with van der Waals surface area (Å²) in [5.74, 6) is 0. The quantitative estimate of drug-likeness (QED) is 0.611. The van der Waals surface area contributed by atoms with E-state index in [4.69, 9.17) is 4.42 Å². The Hall–Kier alpha value is -1.83. The molecule has 3 rings (SSSR count). The van der Waals surface area contributed by atoms with Gasteiger partial charge >= 0.3 is 0 Å². The highest BCUT2D eigenvalue weighted by Gasteiger charge is 2.10. The Bertz CT molecular complexity index is 667. The first-order valence-electron chi connectivity index (χ1n) is 5.57. The lowest BCUT2D eigenvalue weighted by Crippen LogP contribution is -1.90. The molecule has 2 nitrogen and oxygen atoms in total. The zero-order chi connectivity index (χ0) is 11.1. The molecule has 0 N–H and O–H groups in total. The van der Waals surface area contributed by atoms with Crippen LogP contribution >= 0.6 is 0 Å². The monoisotopic (exact) mass is 211 g/mol. The van der Waals surface area contributed by atoms with Crippen LogP contribution in [0.4, 0.5) is 0 Å². The highest BCUT2D eigenvalue weighted by atomic mass is 16.3. The third-order valence-electron chi connectivity index (χ3n) is 2.90. The van der Waals surface area contributed by atoms with Crippen molar-refractivity contribution in [3.05, 3.63) is 41.7 Å². The number of para-hydroxylation sites is 1. The van der Waals surface area contributed by atoms with Crippen molar-refractivity contribution in [2.75, 3.05) is 0 Å². The van der Waals surface area contributed by atoms with Crippen molar-refractivity contribution in [2.45, 2.75) is 20.3 Å². The number of rotatable bonds is 1. The van der Waals surface area contributed by atoms with E-state index >= 15 is 0 Å². The molecule has 0 unspecified atom stereocenters. The zero-order valence-electron chi connectivity index (χ0n) is 9.45. The number of nitrogens with zero attached hydrogens (tertiary/aromatic N) is 1. The number of benzene rings is 1. The molecule has 80 valence electrons. The molecule has 0 aliphatic carbocycles. The molecule has 0 saturated carbocycles. The van der Waals surface area contributed by atoms with E-state index in [9.17, 15) is 0 Å². The number of aryl methyl sites for hydroxylation is 2. The molecular weight excluding hydrogens is 198 g/mol. The van der Waals surface area contributed by atoms with Crippen molar-refractivity contribution in [3.63, 3.8) is 0 Å². The average Bonchev–Trinajstić information content (AvgIpc) is 2.67. The largest absolute Gasteiger partial charge is 0.454 e. The molecule has 0 radical (unpaired) electrons. The van der Waals surface area contributed by atoms with Crippen molar-refractivity contribution in [1.29, 1.82) is 0 Å². The van der Waals surface area contributed by atoms with Gasteiger partial charge in [0.15, 0.2) is 5.58 Å². The summed E-state index contributed by atoms with van der Waals surface area (Å²) in [5, 5.41) is 2.36. The molecule has 2 aromatic heterocycles. The fourth-order valence-electron chi connectivity index (χ4n) is 2.17. The Kier molecular flexibility index (Phi) is 1.96. The lowest BCUT2D eigenvalue weighted by atomic mass is 10.1. The minimum atomic E-state index is 0.901. The molecule has 1 aromatic carbocycles. The van der Waals surface area contributed by atoms with E-state index in [2.05, 4.69) is 24.0 Å². The van der Waals surface area contributed by atoms with Crippen LogP contribution in [0.5, 0.6) is 0 Å². The lowest BCUT2D eigenvalue weighted by molar-refractivity contribution is 0.659. The van der Waals surface area contributed by atoms with Crippen LogP contribution in [0.15, 0.2) is 34.7 Å². The molecule has 0 spiro atoms. The normalized spacial score (nSPS) is 11.4. The minimum Gasteiger partial charge on any atom is -0.454 e. The van der Waals surface area contributed by atoms with Gasteiger partial charge in [-0.2, -0.15) is 0 Å². The van der Waals surface area contributed by atoms with Gasteiger partial charge in [0.05, 0.1) is 5.69 Å². The van der Waals surface area contributed by atoms with Crippen LogP contribution in [0, 0.1) is 6.92 Å². The predicted octanol–water partition coefficient (Wildman–Crippen LogP) is 3.85. The van der Waals surface area contributed by atoms with Crippen molar-refractivity contribution in [1.82, 2.24) is 4.98 Å². The van der Waals surface area contributed by atoms with Crippen molar-refractivity contribution in [2.24, 2.45) is 0 Å². The van der Waals surface area contributed by atoms with Crippen LogP contribution in [0.1, 0.15) is 18.3 Å². The summed E-state index contributed by atoms with van der Waals surface area (Å²) >= 11 is 0. The summed E-state index contributed by atoms with van der Waals surface area (Å²) in [7, 11) is 0. The Morgan fingerprint density at radius 1 is 1.19 bits per heavy atom. The molecule has 0 aliphatic rings. The maximum atomic E-state index is 5.87. The van der Waals surface area contributed by atoms with Gasteiger partial charge in [-0.25, -0.2) is 0 Å². The Morgan fingerprint density at radius 2 is 2.00 bits per heavy atom. The summed E-state index contributed by atoms with van der Waals surface area (Å²) in [6.07, 6.45) is 0.901. The average molecular weight is 211 g/mol. The predicted molar refractivity (Wildman–Crippen MR) is 65.6 cm³/mol. The van der Waals surface area contributed by atoms with E-state index in [-0.39, 0.29) is 0 Å². The highest BCUT2D eigenvalue weighted by Crippen LogP contribution is 2.30. The summed E-state index contributed by atoms with van der Waals surface area (Å²) in [4.78, 5) is 4.52.